The van der Waals surface area contributed by atoms with Gasteiger partial charge in [-0.15, -0.1) is 0 Å². The van der Waals surface area contributed by atoms with Gasteiger partial charge in [-0.2, -0.15) is 5.10 Å². The summed E-state index contributed by atoms with van der Waals surface area (Å²) in [6.07, 6.45) is 1.60. The molecule has 0 spiro atoms. The third-order valence-corrected chi connectivity index (χ3v) is 2.53. The summed E-state index contributed by atoms with van der Waals surface area (Å²) in [4.78, 5) is 6.35. The Kier molecular flexibility index (Phi) is 6.85. The number of aromatic nitrogens is 3. The Balaban J connectivity index is 2.09. The Hall–Kier alpha value is -0.980. The van der Waals surface area contributed by atoms with Crippen molar-refractivity contribution in [2.24, 2.45) is 0 Å². The van der Waals surface area contributed by atoms with Crippen molar-refractivity contribution < 1.29 is 4.74 Å². The minimum Gasteiger partial charge on any atom is -0.379 e. The first-order valence-corrected chi connectivity index (χ1v) is 6.43. The van der Waals surface area contributed by atoms with Crippen molar-refractivity contribution in [3.8, 4) is 0 Å². The van der Waals surface area contributed by atoms with Gasteiger partial charge in [0.2, 0.25) is 0 Å². The largest absolute Gasteiger partial charge is 0.379 e. The average molecular weight is 255 g/mol. The van der Waals surface area contributed by atoms with Crippen LogP contribution in [-0.4, -0.2) is 60.1 Å². The van der Waals surface area contributed by atoms with Crippen LogP contribution < -0.4 is 5.32 Å². The summed E-state index contributed by atoms with van der Waals surface area (Å²) in [5, 5.41) is 7.50. The lowest BCUT2D eigenvalue weighted by molar-refractivity contribution is 0.119. The first kappa shape index (κ1) is 15.1. The van der Waals surface area contributed by atoms with E-state index >= 15 is 0 Å². The van der Waals surface area contributed by atoms with E-state index in [9.17, 15) is 0 Å². The molecular weight excluding hydrogens is 230 g/mol. The van der Waals surface area contributed by atoms with Crippen molar-refractivity contribution in [3.63, 3.8) is 0 Å². The van der Waals surface area contributed by atoms with Gasteiger partial charge in [0.25, 0.3) is 0 Å². The summed E-state index contributed by atoms with van der Waals surface area (Å²) in [5.41, 5.74) is 0. The van der Waals surface area contributed by atoms with Crippen LogP contribution in [0.3, 0.4) is 0 Å². The van der Waals surface area contributed by atoms with Crippen LogP contribution in [-0.2, 0) is 11.3 Å². The van der Waals surface area contributed by atoms with Crippen LogP contribution in [0.25, 0.3) is 0 Å². The Morgan fingerprint density at radius 3 is 2.83 bits per heavy atom. The maximum atomic E-state index is 5.49. The topological polar surface area (TPSA) is 55.2 Å². The van der Waals surface area contributed by atoms with Gasteiger partial charge in [0.05, 0.1) is 19.8 Å². The maximum absolute atomic E-state index is 5.49. The number of nitrogens with zero attached hydrogens (tertiary/aromatic N) is 4. The number of hydrogen-bond donors (Lipinski definition) is 1. The van der Waals surface area contributed by atoms with E-state index in [1.54, 1.807) is 6.33 Å². The maximum Gasteiger partial charge on any atom is 0.141 e. The van der Waals surface area contributed by atoms with Crippen LogP contribution in [0, 0.1) is 0 Å². The lowest BCUT2D eigenvalue weighted by atomic mass is 10.4. The second-order valence-corrected chi connectivity index (χ2v) is 4.81. The number of likely N-dealkylation sites (N-methyl/N-ethyl adjacent to an activating group) is 1. The second kappa shape index (κ2) is 8.18. The molecule has 0 bridgehead atoms. The smallest absolute Gasteiger partial charge is 0.141 e. The third-order valence-electron chi connectivity index (χ3n) is 2.53. The fourth-order valence-electron chi connectivity index (χ4n) is 1.53. The van der Waals surface area contributed by atoms with E-state index in [4.69, 9.17) is 4.74 Å². The van der Waals surface area contributed by atoms with Crippen molar-refractivity contribution in [3.05, 3.63) is 12.2 Å². The molecule has 1 heterocycles. The summed E-state index contributed by atoms with van der Waals surface area (Å²) >= 11 is 0. The molecule has 1 rings (SSSR count). The first-order valence-electron chi connectivity index (χ1n) is 6.43. The van der Waals surface area contributed by atoms with Crippen LogP contribution in [0.1, 0.15) is 25.7 Å². The molecule has 0 aromatic carbocycles. The van der Waals surface area contributed by atoms with Crippen molar-refractivity contribution in [2.75, 3.05) is 40.4 Å². The predicted octanol–water partition coefficient (Wildman–Crippen LogP) is 0.527. The molecule has 0 aliphatic carbocycles. The molecule has 0 amide bonds. The zero-order valence-corrected chi connectivity index (χ0v) is 11.9. The van der Waals surface area contributed by atoms with E-state index in [2.05, 4.69) is 34.1 Å². The van der Waals surface area contributed by atoms with Gasteiger partial charge in [-0.3, -0.25) is 0 Å². The van der Waals surface area contributed by atoms with Crippen molar-refractivity contribution in [1.29, 1.82) is 0 Å². The number of ether oxygens (including phenoxy) is 1. The number of hydrogen-bond acceptors (Lipinski definition) is 5. The molecule has 1 aromatic rings. The molecule has 18 heavy (non-hydrogen) atoms. The summed E-state index contributed by atoms with van der Waals surface area (Å²) in [5.74, 6) is 0.971. The number of nitrogens with one attached hydrogen (secondary N) is 1. The fraction of sp³-hybridized carbons (Fsp3) is 0.833. The van der Waals surface area contributed by atoms with E-state index < -0.39 is 0 Å². The fourth-order valence-corrected chi connectivity index (χ4v) is 1.53. The first-order chi connectivity index (χ1) is 8.61. The Bertz CT molecular complexity index is 324. The van der Waals surface area contributed by atoms with E-state index in [0.717, 1.165) is 38.7 Å². The molecule has 0 aliphatic rings. The summed E-state index contributed by atoms with van der Waals surface area (Å²) < 4.78 is 7.43. The normalized spacial score (nSPS) is 11.7. The molecule has 6 heteroatoms. The van der Waals surface area contributed by atoms with Gasteiger partial charge in [0.15, 0.2) is 0 Å². The molecule has 6 nitrogen and oxygen atoms in total. The van der Waals surface area contributed by atoms with Gasteiger partial charge in [-0.25, -0.2) is 9.67 Å². The highest BCUT2D eigenvalue weighted by Gasteiger charge is 2.06. The van der Waals surface area contributed by atoms with Crippen molar-refractivity contribution >= 4 is 0 Å². The molecule has 0 radical (unpaired) electrons. The Morgan fingerprint density at radius 2 is 2.17 bits per heavy atom. The quantitative estimate of drug-likeness (QED) is 0.652. The zero-order valence-electron chi connectivity index (χ0n) is 11.9. The molecular formula is C12H25N5O. The van der Waals surface area contributed by atoms with Gasteiger partial charge < -0.3 is 15.0 Å². The predicted molar refractivity (Wildman–Crippen MR) is 71.5 cm³/mol. The van der Waals surface area contributed by atoms with E-state index in [0.29, 0.717) is 6.04 Å². The highest BCUT2D eigenvalue weighted by molar-refractivity contribution is 4.85. The summed E-state index contributed by atoms with van der Waals surface area (Å²) in [6, 6.07) is 0.348. The average Bonchev–Trinajstić information content (AvgIpc) is 2.75. The van der Waals surface area contributed by atoms with Gasteiger partial charge in [-0.05, 0) is 27.9 Å². The van der Waals surface area contributed by atoms with E-state index in [1.807, 2.05) is 18.8 Å². The molecule has 1 N–H and O–H groups in total. The molecule has 0 unspecified atom stereocenters. The monoisotopic (exact) mass is 255 g/mol. The van der Waals surface area contributed by atoms with Gasteiger partial charge >= 0.3 is 0 Å². The summed E-state index contributed by atoms with van der Waals surface area (Å²) in [7, 11) is 4.08. The minimum absolute atomic E-state index is 0.348. The van der Waals surface area contributed by atoms with Crippen LogP contribution in [0.4, 0.5) is 0 Å². The Morgan fingerprint density at radius 1 is 1.39 bits per heavy atom. The number of rotatable bonds is 9. The third kappa shape index (κ3) is 5.57. The van der Waals surface area contributed by atoms with Crippen LogP contribution in [0.5, 0.6) is 0 Å². The van der Waals surface area contributed by atoms with Crippen LogP contribution >= 0.6 is 0 Å². The zero-order chi connectivity index (χ0) is 13.4. The lowest BCUT2D eigenvalue weighted by Crippen LogP contribution is -2.24. The van der Waals surface area contributed by atoms with Crippen molar-refractivity contribution in [2.45, 2.75) is 26.4 Å². The van der Waals surface area contributed by atoms with Crippen molar-refractivity contribution in [1.82, 2.24) is 25.0 Å². The van der Waals surface area contributed by atoms with Crippen LogP contribution in [0.2, 0.25) is 0 Å². The van der Waals surface area contributed by atoms with E-state index in [1.165, 1.54) is 0 Å². The van der Waals surface area contributed by atoms with E-state index in [-0.39, 0.29) is 0 Å². The molecule has 1 aromatic heterocycles. The van der Waals surface area contributed by atoms with Crippen LogP contribution in [0.15, 0.2) is 6.33 Å². The highest BCUT2D eigenvalue weighted by atomic mass is 16.5. The molecule has 104 valence electrons. The standard InChI is InChI=1S/C12H25N5O/c1-11(2)17-12(14-10-15-17)9-13-5-7-18-8-6-16(3)4/h10-11,13H,5-9H2,1-4H3. The molecule has 0 fully saturated rings. The lowest BCUT2D eigenvalue weighted by Gasteiger charge is -2.11. The summed E-state index contributed by atoms with van der Waals surface area (Å²) in [6.45, 7) is 8.22. The Labute approximate surface area is 109 Å². The van der Waals surface area contributed by atoms with Gasteiger partial charge in [0, 0.05) is 19.1 Å². The minimum atomic E-state index is 0.348. The van der Waals surface area contributed by atoms with Gasteiger partial charge in [0.1, 0.15) is 12.2 Å². The molecule has 0 saturated carbocycles. The molecule has 0 aliphatic heterocycles. The van der Waals surface area contributed by atoms with Gasteiger partial charge in [-0.1, -0.05) is 0 Å². The highest BCUT2D eigenvalue weighted by Crippen LogP contribution is 2.04. The molecule has 0 saturated heterocycles. The molecule has 0 atom stereocenters. The second-order valence-electron chi connectivity index (χ2n) is 4.81. The SMILES string of the molecule is CC(C)n1ncnc1CNCCOCCN(C)C.